The Hall–Kier alpha value is -1.92. The van der Waals surface area contributed by atoms with Gasteiger partial charge in [-0.05, 0) is 43.1 Å². The summed E-state index contributed by atoms with van der Waals surface area (Å²) in [5.74, 6) is 0.675. The Kier molecular flexibility index (Phi) is 5.91. The van der Waals surface area contributed by atoms with Crippen molar-refractivity contribution in [2.24, 2.45) is 0 Å². The van der Waals surface area contributed by atoms with Gasteiger partial charge in [-0.2, -0.15) is 4.37 Å². The van der Waals surface area contributed by atoms with E-state index in [1.54, 1.807) is 12.5 Å². The summed E-state index contributed by atoms with van der Waals surface area (Å²) in [5, 5.41) is 4.75. The number of methoxy groups -OCH3 is 1. The number of hydrogen-bond acceptors (Lipinski definition) is 5. The zero-order valence-electron chi connectivity index (χ0n) is 13.0. The SMILES string of the molecule is CCOc1ccc([C@H](COC)NC(=O)c2csnc2C)cc1. The number of nitrogens with zero attached hydrogens (tertiary/aromatic N) is 1. The lowest BCUT2D eigenvalue weighted by Crippen LogP contribution is -2.31. The van der Waals surface area contributed by atoms with Crippen molar-refractivity contribution in [2.45, 2.75) is 19.9 Å². The quantitative estimate of drug-likeness (QED) is 0.852. The van der Waals surface area contributed by atoms with Crippen LogP contribution in [0.2, 0.25) is 0 Å². The zero-order valence-corrected chi connectivity index (χ0v) is 13.8. The molecule has 1 atom stereocenters. The van der Waals surface area contributed by atoms with Gasteiger partial charge in [0.1, 0.15) is 5.75 Å². The second-order valence-electron chi connectivity index (χ2n) is 4.80. The van der Waals surface area contributed by atoms with E-state index in [0.29, 0.717) is 18.8 Å². The van der Waals surface area contributed by atoms with Crippen LogP contribution in [0.15, 0.2) is 29.6 Å². The van der Waals surface area contributed by atoms with Crippen LogP contribution in [0.4, 0.5) is 0 Å². The minimum absolute atomic E-state index is 0.137. The topological polar surface area (TPSA) is 60.5 Å². The Morgan fingerprint density at radius 2 is 2.09 bits per heavy atom. The third-order valence-corrected chi connectivity index (χ3v) is 3.95. The fraction of sp³-hybridized carbons (Fsp3) is 0.375. The predicted molar refractivity (Wildman–Crippen MR) is 86.5 cm³/mol. The molecule has 0 aliphatic rings. The first-order chi connectivity index (χ1) is 10.7. The molecule has 0 unspecified atom stereocenters. The largest absolute Gasteiger partial charge is 0.494 e. The second kappa shape index (κ2) is 7.91. The van der Waals surface area contributed by atoms with Gasteiger partial charge in [-0.3, -0.25) is 4.79 Å². The first-order valence-corrected chi connectivity index (χ1v) is 7.93. The normalized spacial score (nSPS) is 12.0. The van der Waals surface area contributed by atoms with Crippen molar-refractivity contribution in [3.8, 4) is 5.75 Å². The average Bonchev–Trinajstić information content (AvgIpc) is 2.94. The van der Waals surface area contributed by atoms with Gasteiger partial charge in [0.2, 0.25) is 0 Å². The van der Waals surface area contributed by atoms with Gasteiger partial charge in [0.15, 0.2) is 0 Å². The van der Waals surface area contributed by atoms with E-state index in [1.807, 2.05) is 38.1 Å². The minimum Gasteiger partial charge on any atom is -0.494 e. The minimum atomic E-state index is -0.215. The van der Waals surface area contributed by atoms with Crippen LogP contribution in [-0.2, 0) is 4.74 Å². The summed E-state index contributed by atoms with van der Waals surface area (Å²) in [5.41, 5.74) is 2.32. The summed E-state index contributed by atoms with van der Waals surface area (Å²) in [6.07, 6.45) is 0. The van der Waals surface area contributed by atoms with Crippen LogP contribution in [0.3, 0.4) is 0 Å². The maximum atomic E-state index is 12.3. The Morgan fingerprint density at radius 1 is 1.36 bits per heavy atom. The van der Waals surface area contributed by atoms with Crippen LogP contribution in [0.1, 0.15) is 34.6 Å². The third kappa shape index (κ3) is 4.05. The number of amides is 1. The summed E-state index contributed by atoms with van der Waals surface area (Å²) in [6.45, 7) is 4.80. The van der Waals surface area contributed by atoms with Gasteiger partial charge < -0.3 is 14.8 Å². The monoisotopic (exact) mass is 320 g/mol. The molecule has 6 heteroatoms. The standard InChI is InChI=1S/C16H20N2O3S/c1-4-21-13-7-5-12(6-8-13)15(9-20-3)17-16(19)14-10-22-18-11(14)2/h5-8,10,15H,4,9H2,1-3H3,(H,17,19)/t15-/m0/s1. The number of rotatable bonds is 7. The average molecular weight is 320 g/mol. The fourth-order valence-corrected chi connectivity index (χ4v) is 2.79. The van der Waals surface area contributed by atoms with Gasteiger partial charge in [-0.15, -0.1) is 0 Å². The Bertz CT molecular complexity index is 610. The van der Waals surface area contributed by atoms with Gasteiger partial charge in [0, 0.05) is 12.5 Å². The molecular formula is C16H20N2O3S. The van der Waals surface area contributed by atoms with Crippen molar-refractivity contribution >= 4 is 17.4 Å². The van der Waals surface area contributed by atoms with E-state index >= 15 is 0 Å². The fourth-order valence-electron chi connectivity index (χ4n) is 2.10. The smallest absolute Gasteiger partial charge is 0.254 e. The highest BCUT2D eigenvalue weighted by atomic mass is 32.1. The number of aromatic nitrogens is 1. The number of aryl methyl sites for hydroxylation is 1. The number of nitrogens with one attached hydrogen (secondary N) is 1. The Morgan fingerprint density at radius 3 is 2.64 bits per heavy atom. The predicted octanol–water partition coefficient (Wildman–Crippen LogP) is 2.97. The molecule has 0 bridgehead atoms. The Labute approximate surface area is 134 Å². The van der Waals surface area contributed by atoms with Gasteiger partial charge in [-0.1, -0.05) is 12.1 Å². The van der Waals surface area contributed by atoms with Gasteiger partial charge in [0.25, 0.3) is 5.91 Å². The second-order valence-corrected chi connectivity index (χ2v) is 5.43. The van der Waals surface area contributed by atoms with E-state index < -0.39 is 0 Å². The van der Waals surface area contributed by atoms with Crippen molar-refractivity contribution in [2.75, 3.05) is 20.3 Å². The number of carbonyl (C=O) groups excluding carboxylic acids is 1. The number of ether oxygens (including phenoxy) is 2. The van der Waals surface area contributed by atoms with Crippen molar-refractivity contribution in [1.82, 2.24) is 9.69 Å². The maximum absolute atomic E-state index is 12.3. The van der Waals surface area contributed by atoms with E-state index in [0.717, 1.165) is 17.0 Å². The summed E-state index contributed by atoms with van der Waals surface area (Å²) >= 11 is 1.28. The van der Waals surface area contributed by atoms with E-state index in [1.165, 1.54) is 11.5 Å². The number of hydrogen-bond donors (Lipinski definition) is 1. The molecule has 22 heavy (non-hydrogen) atoms. The molecule has 0 saturated carbocycles. The molecule has 118 valence electrons. The molecule has 0 radical (unpaired) electrons. The van der Waals surface area contributed by atoms with Crippen molar-refractivity contribution in [3.63, 3.8) is 0 Å². The highest BCUT2D eigenvalue weighted by molar-refractivity contribution is 7.03. The van der Waals surface area contributed by atoms with E-state index in [2.05, 4.69) is 9.69 Å². The molecule has 1 heterocycles. The molecule has 1 aromatic carbocycles. The molecule has 1 N–H and O–H groups in total. The lowest BCUT2D eigenvalue weighted by atomic mass is 10.1. The molecule has 5 nitrogen and oxygen atoms in total. The highest BCUT2D eigenvalue weighted by Crippen LogP contribution is 2.19. The van der Waals surface area contributed by atoms with Crippen molar-refractivity contribution < 1.29 is 14.3 Å². The third-order valence-electron chi connectivity index (χ3n) is 3.23. The first kappa shape index (κ1) is 16.5. The van der Waals surface area contributed by atoms with E-state index in [4.69, 9.17) is 9.47 Å². The molecule has 0 aliphatic carbocycles. The Balaban J connectivity index is 2.12. The van der Waals surface area contributed by atoms with Crippen molar-refractivity contribution in [3.05, 3.63) is 46.5 Å². The molecule has 2 aromatic rings. The van der Waals surface area contributed by atoms with Gasteiger partial charge >= 0.3 is 0 Å². The zero-order chi connectivity index (χ0) is 15.9. The molecule has 0 saturated heterocycles. The molecule has 0 aliphatic heterocycles. The molecular weight excluding hydrogens is 300 g/mol. The van der Waals surface area contributed by atoms with Gasteiger partial charge in [0.05, 0.1) is 30.5 Å². The van der Waals surface area contributed by atoms with Crippen LogP contribution >= 0.6 is 11.5 Å². The highest BCUT2D eigenvalue weighted by Gasteiger charge is 2.18. The lowest BCUT2D eigenvalue weighted by Gasteiger charge is -2.18. The molecule has 0 spiro atoms. The summed E-state index contributed by atoms with van der Waals surface area (Å²) in [7, 11) is 1.62. The maximum Gasteiger partial charge on any atom is 0.254 e. The molecule has 2 rings (SSSR count). The molecule has 1 aromatic heterocycles. The van der Waals surface area contributed by atoms with Gasteiger partial charge in [-0.25, -0.2) is 0 Å². The molecule has 0 fully saturated rings. The molecule has 1 amide bonds. The van der Waals surface area contributed by atoms with Crippen molar-refractivity contribution in [1.29, 1.82) is 0 Å². The van der Waals surface area contributed by atoms with E-state index in [9.17, 15) is 4.79 Å². The summed E-state index contributed by atoms with van der Waals surface area (Å²) < 4.78 is 14.8. The summed E-state index contributed by atoms with van der Waals surface area (Å²) in [4.78, 5) is 12.3. The summed E-state index contributed by atoms with van der Waals surface area (Å²) in [6, 6.07) is 7.45. The van der Waals surface area contributed by atoms with E-state index in [-0.39, 0.29) is 11.9 Å². The number of benzene rings is 1. The first-order valence-electron chi connectivity index (χ1n) is 7.09. The van der Waals surface area contributed by atoms with Crippen LogP contribution < -0.4 is 10.1 Å². The van der Waals surface area contributed by atoms with Crippen LogP contribution in [0.25, 0.3) is 0 Å². The van der Waals surface area contributed by atoms with Crippen LogP contribution in [0.5, 0.6) is 5.75 Å². The van der Waals surface area contributed by atoms with Crippen LogP contribution in [-0.4, -0.2) is 30.6 Å². The van der Waals surface area contributed by atoms with Crippen LogP contribution in [0, 0.1) is 6.92 Å². The lowest BCUT2D eigenvalue weighted by molar-refractivity contribution is 0.0896. The number of carbonyl (C=O) groups is 1.